The van der Waals surface area contributed by atoms with Crippen LogP contribution in [0.15, 0.2) is 109 Å². The van der Waals surface area contributed by atoms with Gasteiger partial charge in [-0.1, -0.05) is 72.9 Å². The summed E-state index contributed by atoms with van der Waals surface area (Å²) in [5.41, 5.74) is 3.56. The fourth-order valence-electron chi connectivity index (χ4n) is 3.30. The predicted octanol–water partition coefficient (Wildman–Crippen LogP) is 7.88. The van der Waals surface area contributed by atoms with Crippen molar-refractivity contribution in [2.75, 3.05) is 11.4 Å². The van der Waals surface area contributed by atoms with Crippen molar-refractivity contribution in [2.24, 2.45) is 0 Å². The molecule has 0 amide bonds. The first-order chi connectivity index (χ1) is 13.8. The number of thiophene rings is 1. The molecule has 0 bridgehead atoms. The molecule has 0 fully saturated rings. The van der Waals surface area contributed by atoms with Crippen molar-refractivity contribution < 1.29 is 0 Å². The number of fused-ring (bicyclic) bond motifs is 3. The minimum Gasteiger partial charge on any atom is -0.338 e. The van der Waals surface area contributed by atoms with Crippen LogP contribution in [0.4, 0.5) is 11.4 Å². The summed E-state index contributed by atoms with van der Waals surface area (Å²) in [6.45, 7) is 6.67. The summed E-state index contributed by atoms with van der Waals surface area (Å²) in [5.74, 6) is 0. The Balaban J connectivity index is 1.75. The van der Waals surface area contributed by atoms with Gasteiger partial charge in [-0.3, -0.25) is 0 Å². The summed E-state index contributed by atoms with van der Waals surface area (Å²) in [6.07, 6.45) is 8.25. The molecule has 4 aromatic rings. The fraction of sp³-hybridized carbons (Fsp3) is 0.0769. The number of anilines is 2. The van der Waals surface area contributed by atoms with Crippen molar-refractivity contribution in [3.05, 3.63) is 109 Å². The molecule has 138 valence electrons. The Morgan fingerprint density at radius 2 is 1.64 bits per heavy atom. The van der Waals surface area contributed by atoms with Crippen LogP contribution in [-0.2, 0) is 0 Å². The van der Waals surface area contributed by atoms with E-state index in [-0.39, 0.29) is 0 Å². The van der Waals surface area contributed by atoms with Crippen LogP contribution >= 0.6 is 11.3 Å². The van der Waals surface area contributed by atoms with E-state index in [0.29, 0.717) is 0 Å². The van der Waals surface area contributed by atoms with Crippen LogP contribution < -0.4 is 4.90 Å². The molecule has 0 aliphatic rings. The Hall–Kier alpha value is -3.10. The summed E-state index contributed by atoms with van der Waals surface area (Å²) in [4.78, 5) is 2.35. The zero-order valence-corrected chi connectivity index (χ0v) is 16.8. The van der Waals surface area contributed by atoms with Crippen LogP contribution in [0.2, 0.25) is 0 Å². The molecule has 28 heavy (non-hydrogen) atoms. The standard InChI is InChI=1S/C26H23NS/c1-3-20(2)11-9-10-18-27(21-12-5-4-6-13-21)22-16-17-26-24(19-22)23-14-7-8-15-25(23)28-26/h3-17,19H,1,18H2,2H3/b10-9-,20-11-. The molecule has 0 N–H and O–H groups in total. The Bertz CT molecular complexity index is 1160. The topological polar surface area (TPSA) is 3.24 Å². The van der Waals surface area contributed by atoms with Crippen molar-refractivity contribution in [3.8, 4) is 0 Å². The average molecular weight is 382 g/mol. The largest absolute Gasteiger partial charge is 0.338 e. The Labute approximate surface area is 170 Å². The number of allylic oxidation sites excluding steroid dienone is 4. The van der Waals surface area contributed by atoms with Gasteiger partial charge < -0.3 is 4.90 Å². The summed E-state index contributed by atoms with van der Waals surface area (Å²) < 4.78 is 2.67. The molecule has 0 spiro atoms. The lowest BCUT2D eigenvalue weighted by molar-refractivity contribution is 1.10. The molecule has 2 heteroatoms. The predicted molar refractivity (Wildman–Crippen MR) is 126 cm³/mol. The van der Waals surface area contributed by atoms with Crippen LogP contribution in [0.5, 0.6) is 0 Å². The molecular formula is C26H23NS. The molecular weight excluding hydrogens is 358 g/mol. The Kier molecular flexibility index (Phi) is 5.41. The maximum Gasteiger partial charge on any atom is 0.0421 e. The normalized spacial score (nSPS) is 12.1. The van der Waals surface area contributed by atoms with E-state index in [1.807, 2.05) is 17.4 Å². The van der Waals surface area contributed by atoms with Gasteiger partial charge in [-0.2, -0.15) is 0 Å². The summed E-state index contributed by atoms with van der Waals surface area (Å²) >= 11 is 1.86. The summed E-state index contributed by atoms with van der Waals surface area (Å²) in [5, 5.41) is 2.66. The van der Waals surface area contributed by atoms with E-state index in [9.17, 15) is 0 Å². The van der Waals surface area contributed by atoms with E-state index in [2.05, 4.69) is 109 Å². The average Bonchev–Trinajstić information content (AvgIpc) is 3.12. The maximum absolute atomic E-state index is 3.81. The highest BCUT2D eigenvalue weighted by molar-refractivity contribution is 7.25. The van der Waals surface area contributed by atoms with Crippen LogP contribution in [0.3, 0.4) is 0 Å². The third-order valence-electron chi connectivity index (χ3n) is 4.84. The highest BCUT2D eigenvalue weighted by Gasteiger charge is 2.11. The van der Waals surface area contributed by atoms with Gasteiger partial charge in [0.1, 0.15) is 0 Å². The first kappa shape index (κ1) is 18.3. The van der Waals surface area contributed by atoms with Crippen LogP contribution in [0.1, 0.15) is 6.92 Å². The lowest BCUT2D eigenvalue weighted by Crippen LogP contribution is -2.16. The van der Waals surface area contributed by atoms with E-state index in [1.54, 1.807) is 0 Å². The monoisotopic (exact) mass is 381 g/mol. The molecule has 0 atom stereocenters. The van der Waals surface area contributed by atoms with Crippen molar-refractivity contribution in [1.82, 2.24) is 0 Å². The van der Waals surface area contributed by atoms with Crippen molar-refractivity contribution in [1.29, 1.82) is 0 Å². The SMILES string of the molecule is C=C/C(C)=C\C=C/CN(c1ccccc1)c1ccc2sc3ccccc3c2c1. The molecule has 3 aromatic carbocycles. The number of hydrogen-bond acceptors (Lipinski definition) is 2. The first-order valence-electron chi connectivity index (χ1n) is 9.46. The molecule has 0 aliphatic carbocycles. The molecule has 0 radical (unpaired) electrons. The fourth-order valence-corrected chi connectivity index (χ4v) is 4.39. The molecule has 1 heterocycles. The third-order valence-corrected chi connectivity index (χ3v) is 6.00. The third kappa shape index (κ3) is 3.78. The quantitative estimate of drug-likeness (QED) is 0.307. The lowest BCUT2D eigenvalue weighted by atomic mass is 10.1. The minimum atomic E-state index is 0.804. The molecule has 4 rings (SSSR count). The van der Waals surface area contributed by atoms with E-state index in [0.717, 1.165) is 12.1 Å². The van der Waals surface area contributed by atoms with E-state index in [1.165, 1.54) is 31.5 Å². The maximum atomic E-state index is 3.81. The number of hydrogen-bond donors (Lipinski definition) is 0. The second kappa shape index (κ2) is 8.28. The van der Waals surface area contributed by atoms with Crippen LogP contribution in [0.25, 0.3) is 20.2 Å². The van der Waals surface area contributed by atoms with E-state index in [4.69, 9.17) is 0 Å². The van der Waals surface area contributed by atoms with E-state index >= 15 is 0 Å². The van der Waals surface area contributed by atoms with Gasteiger partial charge >= 0.3 is 0 Å². The number of nitrogens with zero attached hydrogens (tertiary/aromatic N) is 1. The van der Waals surface area contributed by atoms with Gasteiger partial charge in [0, 0.05) is 38.1 Å². The van der Waals surface area contributed by atoms with Gasteiger partial charge in [-0.25, -0.2) is 0 Å². The zero-order chi connectivity index (χ0) is 19.3. The lowest BCUT2D eigenvalue weighted by Gasteiger charge is -2.24. The molecule has 1 aromatic heterocycles. The molecule has 0 saturated carbocycles. The van der Waals surface area contributed by atoms with Crippen molar-refractivity contribution in [2.45, 2.75) is 6.92 Å². The molecule has 0 aliphatic heterocycles. The highest BCUT2D eigenvalue weighted by atomic mass is 32.1. The molecule has 0 saturated heterocycles. The smallest absolute Gasteiger partial charge is 0.0421 e. The van der Waals surface area contributed by atoms with Gasteiger partial charge in [-0.05, 0) is 43.3 Å². The number of benzene rings is 3. The van der Waals surface area contributed by atoms with Gasteiger partial charge in [0.15, 0.2) is 0 Å². The summed E-state index contributed by atoms with van der Waals surface area (Å²) in [6, 6.07) is 26.0. The minimum absolute atomic E-state index is 0.804. The van der Waals surface area contributed by atoms with Crippen molar-refractivity contribution in [3.63, 3.8) is 0 Å². The number of rotatable bonds is 6. The van der Waals surface area contributed by atoms with Gasteiger partial charge in [0.25, 0.3) is 0 Å². The highest BCUT2D eigenvalue weighted by Crippen LogP contribution is 2.37. The first-order valence-corrected chi connectivity index (χ1v) is 10.3. The Morgan fingerprint density at radius 1 is 0.893 bits per heavy atom. The second-order valence-electron chi connectivity index (χ2n) is 6.77. The van der Waals surface area contributed by atoms with Gasteiger partial charge in [0.2, 0.25) is 0 Å². The van der Waals surface area contributed by atoms with Gasteiger partial charge in [-0.15, -0.1) is 11.3 Å². The van der Waals surface area contributed by atoms with Gasteiger partial charge in [0.05, 0.1) is 0 Å². The van der Waals surface area contributed by atoms with Crippen LogP contribution in [-0.4, -0.2) is 6.54 Å². The molecule has 0 unspecified atom stereocenters. The van der Waals surface area contributed by atoms with Crippen LogP contribution in [0, 0.1) is 0 Å². The van der Waals surface area contributed by atoms with E-state index < -0.39 is 0 Å². The number of para-hydroxylation sites is 1. The summed E-state index contributed by atoms with van der Waals surface area (Å²) in [7, 11) is 0. The second-order valence-corrected chi connectivity index (χ2v) is 7.85. The van der Waals surface area contributed by atoms with Crippen molar-refractivity contribution >= 4 is 42.9 Å². The Morgan fingerprint density at radius 3 is 2.46 bits per heavy atom. The zero-order valence-electron chi connectivity index (χ0n) is 16.0. The molecule has 1 nitrogen and oxygen atoms in total.